The molecule has 0 unspecified atom stereocenters. The monoisotopic (exact) mass is 278 g/mol. The number of rotatable bonds is 2. The molecule has 1 aromatic carbocycles. The van der Waals surface area contributed by atoms with Gasteiger partial charge in [0.15, 0.2) is 0 Å². The maximum Gasteiger partial charge on any atom is 0.339 e. The Morgan fingerprint density at radius 3 is 2.57 bits per heavy atom. The highest BCUT2D eigenvalue weighted by molar-refractivity contribution is 9.10. The minimum atomic E-state index is -0.443. The average Bonchev–Trinajstić information content (AvgIpc) is 2.19. The van der Waals surface area contributed by atoms with E-state index in [0.717, 1.165) is 0 Å². The van der Waals surface area contributed by atoms with Crippen LogP contribution in [0.5, 0.6) is 5.75 Å². The third kappa shape index (κ3) is 2.19. The summed E-state index contributed by atoms with van der Waals surface area (Å²) in [6, 6.07) is 3.12. The Morgan fingerprint density at radius 1 is 1.43 bits per heavy atom. The Labute approximate surface area is 95.1 Å². The van der Waals surface area contributed by atoms with Crippen molar-refractivity contribution in [1.82, 2.24) is 0 Å². The molecule has 0 saturated carbocycles. The molecule has 0 aliphatic heterocycles. The molecular weight excluding hydrogens is 271 g/mol. The zero-order valence-corrected chi connectivity index (χ0v) is 9.98. The SMILES string of the molecule is COC(=O)c1cc(Cl)c(OC)cc1Br. The van der Waals surface area contributed by atoms with E-state index in [-0.39, 0.29) is 0 Å². The van der Waals surface area contributed by atoms with Crippen molar-refractivity contribution in [3.63, 3.8) is 0 Å². The second-order valence-corrected chi connectivity index (χ2v) is 3.72. The average molecular weight is 280 g/mol. The lowest BCUT2D eigenvalue weighted by atomic mass is 10.2. The van der Waals surface area contributed by atoms with Gasteiger partial charge in [0.2, 0.25) is 0 Å². The molecule has 0 N–H and O–H groups in total. The molecule has 3 nitrogen and oxygen atoms in total. The molecule has 76 valence electrons. The summed E-state index contributed by atoms with van der Waals surface area (Å²) in [5.41, 5.74) is 0.373. The van der Waals surface area contributed by atoms with E-state index in [1.807, 2.05) is 0 Å². The molecule has 0 bridgehead atoms. The van der Waals surface area contributed by atoms with E-state index in [4.69, 9.17) is 16.3 Å². The van der Waals surface area contributed by atoms with Crippen LogP contribution >= 0.6 is 27.5 Å². The van der Waals surface area contributed by atoms with Gasteiger partial charge < -0.3 is 9.47 Å². The van der Waals surface area contributed by atoms with Crippen molar-refractivity contribution in [3.05, 3.63) is 27.2 Å². The van der Waals surface area contributed by atoms with Crippen LogP contribution in [0.3, 0.4) is 0 Å². The first-order valence-corrected chi connectivity index (χ1v) is 4.88. The summed E-state index contributed by atoms with van der Waals surface area (Å²) < 4.78 is 10.1. The van der Waals surface area contributed by atoms with Gasteiger partial charge in [0.25, 0.3) is 0 Å². The van der Waals surface area contributed by atoms with Crippen LogP contribution in [0, 0.1) is 0 Å². The molecule has 0 aromatic heterocycles. The fourth-order valence-corrected chi connectivity index (χ4v) is 1.68. The molecule has 0 fully saturated rings. The van der Waals surface area contributed by atoms with Crippen LogP contribution in [0.2, 0.25) is 5.02 Å². The van der Waals surface area contributed by atoms with Crippen LogP contribution in [0.1, 0.15) is 10.4 Å². The lowest BCUT2D eigenvalue weighted by Gasteiger charge is -2.07. The number of carbonyl (C=O) groups is 1. The van der Waals surface area contributed by atoms with Crippen molar-refractivity contribution < 1.29 is 14.3 Å². The fourth-order valence-electron chi connectivity index (χ4n) is 0.951. The van der Waals surface area contributed by atoms with Crippen LogP contribution in [-0.4, -0.2) is 20.2 Å². The largest absolute Gasteiger partial charge is 0.495 e. The number of carbonyl (C=O) groups excluding carboxylic acids is 1. The maximum atomic E-state index is 11.2. The van der Waals surface area contributed by atoms with Crippen LogP contribution in [0.15, 0.2) is 16.6 Å². The number of hydrogen-bond donors (Lipinski definition) is 0. The quantitative estimate of drug-likeness (QED) is 0.781. The Morgan fingerprint density at radius 2 is 2.07 bits per heavy atom. The lowest BCUT2D eigenvalue weighted by Crippen LogP contribution is -2.02. The van der Waals surface area contributed by atoms with Gasteiger partial charge in [-0.2, -0.15) is 0 Å². The molecule has 0 heterocycles. The van der Waals surface area contributed by atoms with E-state index in [1.54, 1.807) is 6.07 Å². The molecule has 1 aromatic rings. The molecule has 0 spiro atoms. The van der Waals surface area contributed by atoms with Crippen LogP contribution < -0.4 is 4.74 Å². The van der Waals surface area contributed by atoms with Crippen molar-refractivity contribution in [1.29, 1.82) is 0 Å². The number of hydrogen-bond acceptors (Lipinski definition) is 3. The highest BCUT2D eigenvalue weighted by atomic mass is 79.9. The molecule has 1 rings (SSSR count). The summed E-state index contributed by atoms with van der Waals surface area (Å²) in [6.45, 7) is 0. The number of esters is 1. The molecular formula is C9H8BrClO3. The summed E-state index contributed by atoms with van der Waals surface area (Å²) in [5, 5.41) is 0.371. The summed E-state index contributed by atoms with van der Waals surface area (Å²) in [7, 11) is 2.82. The third-order valence-corrected chi connectivity index (χ3v) is 2.60. The van der Waals surface area contributed by atoms with E-state index in [9.17, 15) is 4.79 Å². The Balaban J connectivity index is 3.21. The molecule has 0 radical (unpaired) electrons. The normalized spacial score (nSPS) is 9.71. The first-order chi connectivity index (χ1) is 6.60. The molecule has 0 amide bonds. The number of benzene rings is 1. The summed E-state index contributed by atoms with van der Waals surface area (Å²) in [4.78, 5) is 11.2. The van der Waals surface area contributed by atoms with Crippen LogP contribution in [0.4, 0.5) is 0 Å². The maximum absolute atomic E-state index is 11.2. The van der Waals surface area contributed by atoms with Crippen LogP contribution in [-0.2, 0) is 4.74 Å². The molecule has 14 heavy (non-hydrogen) atoms. The van der Waals surface area contributed by atoms with E-state index in [0.29, 0.717) is 20.8 Å². The van der Waals surface area contributed by atoms with E-state index >= 15 is 0 Å². The van der Waals surface area contributed by atoms with E-state index in [1.165, 1.54) is 20.3 Å². The standard InChI is InChI=1S/C9H8BrClO3/c1-13-8-4-6(10)5(3-7(8)11)9(12)14-2/h3-4H,1-2H3. The Kier molecular flexibility index (Phi) is 3.77. The predicted molar refractivity (Wildman–Crippen MR) is 57.0 cm³/mol. The predicted octanol–water partition coefficient (Wildman–Crippen LogP) is 2.90. The molecule has 0 aliphatic carbocycles. The second kappa shape index (κ2) is 4.66. The first kappa shape index (κ1) is 11.3. The van der Waals surface area contributed by atoms with Gasteiger partial charge in [0.05, 0.1) is 24.8 Å². The molecule has 5 heteroatoms. The van der Waals surface area contributed by atoms with Gasteiger partial charge in [-0.25, -0.2) is 4.79 Å². The van der Waals surface area contributed by atoms with E-state index < -0.39 is 5.97 Å². The first-order valence-electron chi connectivity index (χ1n) is 3.71. The fraction of sp³-hybridized carbons (Fsp3) is 0.222. The van der Waals surface area contributed by atoms with E-state index in [2.05, 4.69) is 20.7 Å². The van der Waals surface area contributed by atoms with Crippen molar-refractivity contribution in [2.75, 3.05) is 14.2 Å². The topological polar surface area (TPSA) is 35.5 Å². The van der Waals surface area contributed by atoms with Crippen molar-refractivity contribution in [2.24, 2.45) is 0 Å². The Bertz CT molecular complexity index is 365. The molecule has 0 atom stereocenters. The number of halogens is 2. The minimum Gasteiger partial charge on any atom is -0.495 e. The molecule has 0 saturated heterocycles. The van der Waals surface area contributed by atoms with Crippen LogP contribution in [0.25, 0.3) is 0 Å². The van der Waals surface area contributed by atoms with Gasteiger partial charge in [-0.05, 0) is 28.1 Å². The highest BCUT2D eigenvalue weighted by Crippen LogP contribution is 2.31. The Hall–Kier alpha value is -0.740. The van der Waals surface area contributed by atoms with Crippen molar-refractivity contribution in [2.45, 2.75) is 0 Å². The van der Waals surface area contributed by atoms with Gasteiger partial charge in [-0.3, -0.25) is 0 Å². The summed E-state index contributed by atoms with van der Waals surface area (Å²) >= 11 is 9.07. The van der Waals surface area contributed by atoms with Gasteiger partial charge in [0.1, 0.15) is 5.75 Å². The molecule has 0 aliphatic rings. The lowest BCUT2D eigenvalue weighted by molar-refractivity contribution is 0.0599. The second-order valence-electron chi connectivity index (χ2n) is 2.46. The number of ether oxygens (including phenoxy) is 2. The smallest absolute Gasteiger partial charge is 0.339 e. The third-order valence-electron chi connectivity index (χ3n) is 1.65. The highest BCUT2D eigenvalue weighted by Gasteiger charge is 2.13. The van der Waals surface area contributed by atoms with Gasteiger partial charge >= 0.3 is 5.97 Å². The number of methoxy groups -OCH3 is 2. The van der Waals surface area contributed by atoms with Crippen molar-refractivity contribution in [3.8, 4) is 5.75 Å². The van der Waals surface area contributed by atoms with Gasteiger partial charge in [-0.15, -0.1) is 0 Å². The minimum absolute atomic E-state index is 0.371. The van der Waals surface area contributed by atoms with Crippen molar-refractivity contribution >= 4 is 33.5 Å². The summed E-state index contributed by atoms with van der Waals surface area (Å²) in [6.07, 6.45) is 0. The zero-order valence-electron chi connectivity index (χ0n) is 7.64. The van der Waals surface area contributed by atoms with Gasteiger partial charge in [-0.1, -0.05) is 11.6 Å². The zero-order chi connectivity index (χ0) is 10.7. The van der Waals surface area contributed by atoms with Gasteiger partial charge in [0, 0.05) is 4.47 Å². The summed E-state index contributed by atoms with van der Waals surface area (Å²) in [5.74, 6) is 0.0626.